The van der Waals surface area contributed by atoms with Gasteiger partial charge >= 0.3 is 18.5 Å². The van der Waals surface area contributed by atoms with Gasteiger partial charge in [-0.1, -0.05) is 5.16 Å². The van der Waals surface area contributed by atoms with E-state index in [9.17, 15) is 23.7 Å². The number of furan rings is 1. The standard InChI is InChI=1S/C16H11F2N3O8/c1-25-11-6-8(2-3-9(11)28-16(17)18)14-19-12(29-20-14)7-26-15(22)10-4-5-13(27-10)21(23)24/h2-6,16H,7H2,1H3. The zero-order chi connectivity index (χ0) is 21.0. The number of carbonyl (C=O) groups is 1. The topological polar surface area (TPSA) is 140 Å². The highest BCUT2D eigenvalue weighted by Crippen LogP contribution is 2.32. The van der Waals surface area contributed by atoms with Crippen LogP contribution in [0.3, 0.4) is 0 Å². The minimum Gasteiger partial charge on any atom is -0.493 e. The van der Waals surface area contributed by atoms with Crippen molar-refractivity contribution in [2.24, 2.45) is 0 Å². The molecule has 11 nitrogen and oxygen atoms in total. The Balaban J connectivity index is 1.67. The summed E-state index contributed by atoms with van der Waals surface area (Å²) >= 11 is 0. The second-order valence-electron chi connectivity index (χ2n) is 5.23. The molecule has 1 aromatic carbocycles. The average molecular weight is 411 g/mol. The van der Waals surface area contributed by atoms with Crippen molar-refractivity contribution in [2.75, 3.05) is 7.11 Å². The molecule has 152 valence electrons. The lowest BCUT2D eigenvalue weighted by Gasteiger charge is -2.10. The Bertz CT molecular complexity index is 1030. The molecule has 3 aromatic rings. The number of hydrogen-bond acceptors (Lipinski definition) is 10. The summed E-state index contributed by atoms with van der Waals surface area (Å²) in [5, 5.41) is 14.2. The number of nitro groups is 1. The molecule has 2 heterocycles. The Morgan fingerprint density at radius 3 is 2.72 bits per heavy atom. The molecule has 0 saturated heterocycles. The van der Waals surface area contributed by atoms with Crippen LogP contribution in [0.2, 0.25) is 0 Å². The number of benzene rings is 1. The summed E-state index contributed by atoms with van der Waals surface area (Å²) in [6.45, 7) is -3.44. The molecular weight excluding hydrogens is 400 g/mol. The first-order valence-electron chi connectivity index (χ1n) is 7.74. The van der Waals surface area contributed by atoms with Gasteiger partial charge in [0.15, 0.2) is 18.1 Å². The molecule has 0 aliphatic rings. The van der Waals surface area contributed by atoms with Gasteiger partial charge in [0.05, 0.1) is 13.2 Å². The van der Waals surface area contributed by atoms with Crippen LogP contribution in [0.5, 0.6) is 11.5 Å². The molecule has 13 heteroatoms. The maximum Gasteiger partial charge on any atom is 0.433 e. The van der Waals surface area contributed by atoms with Gasteiger partial charge in [-0.05, 0) is 24.3 Å². The summed E-state index contributed by atoms with van der Waals surface area (Å²) in [6, 6.07) is 6.12. The number of rotatable bonds is 8. The molecule has 0 aliphatic heterocycles. The predicted molar refractivity (Wildman–Crippen MR) is 87.4 cm³/mol. The molecule has 29 heavy (non-hydrogen) atoms. The molecule has 0 spiro atoms. The van der Waals surface area contributed by atoms with Gasteiger partial charge in [-0.25, -0.2) is 4.79 Å². The fourth-order valence-corrected chi connectivity index (χ4v) is 2.16. The summed E-state index contributed by atoms with van der Waals surface area (Å²) < 4.78 is 48.6. The van der Waals surface area contributed by atoms with Gasteiger partial charge in [0, 0.05) is 5.56 Å². The fraction of sp³-hybridized carbons (Fsp3) is 0.188. The zero-order valence-corrected chi connectivity index (χ0v) is 14.5. The Morgan fingerprint density at radius 1 is 1.28 bits per heavy atom. The van der Waals surface area contributed by atoms with Gasteiger partial charge in [0.25, 0.3) is 5.89 Å². The molecule has 0 saturated carbocycles. The van der Waals surface area contributed by atoms with Crippen LogP contribution in [-0.4, -0.2) is 34.8 Å². The summed E-state index contributed by atoms with van der Waals surface area (Å²) in [5.74, 6) is -2.08. The zero-order valence-electron chi connectivity index (χ0n) is 14.5. The Kier molecular flexibility index (Phi) is 5.66. The number of esters is 1. The quantitative estimate of drug-likeness (QED) is 0.308. The van der Waals surface area contributed by atoms with Crippen molar-refractivity contribution in [3.63, 3.8) is 0 Å². The first-order valence-corrected chi connectivity index (χ1v) is 7.74. The Morgan fingerprint density at radius 2 is 2.07 bits per heavy atom. The average Bonchev–Trinajstić information content (AvgIpc) is 3.36. The van der Waals surface area contributed by atoms with Gasteiger partial charge in [-0.3, -0.25) is 10.1 Å². The molecule has 0 bridgehead atoms. The van der Waals surface area contributed by atoms with Crippen molar-refractivity contribution in [1.29, 1.82) is 0 Å². The van der Waals surface area contributed by atoms with E-state index in [1.165, 1.54) is 25.3 Å². The lowest BCUT2D eigenvalue weighted by Crippen LogP contribution is -2.04. The third kappa shape index (κ3) is 4.63. The minimum absolute atomic E-state index is 0.0278. The van der Waals surface area contributed by atoms with Gasteiger partial charge in [0.2, 0.25) is 11.6 Å². The Labute approximate surface area is 159 Å². The van der Waals surface area contributed by atoms with Crippen LogP contribution < -0.4 is 9.47 Å². The summed E-state index contributed by atoms with van der Waals surface area (Å²) in [6.07, 6.45) is 0. The van der Waals surface area contributed by atoms with Gasteiger partial charge < -0.3 is 23.2 Å². The van der Waals surface area contributed by atoms with Crippen LogP contribution >= 0.6 is 0 Å². The molecule has 2 aromatic heterocycles. The highest BCUT2D eigenvalue weighted by Gasteiger charge is 2.20. The molecular formula is C16H11F2N3O8. The molecule has 0 unspecified atom stereocenters. The highest BCUT2D eigenvalue weighted by atomic mass is 19.3. The summed E-state index contributed by atoms with van der Waals surface area (Å²) in [4.78, 5) is 25.6. The van der Waals surface area contributed by atoms with Crippen LogP contribution in [0.1, 0.15) is 16.4 Å². The number of hydrogen-bond donors (Lipinski definition) is 0. The third-order valence-corrected chi connectivity index (χ3v) is 3.41. The molecule has 0 aliphatic carbocycles. The van der Waals surface area contributed by atoms with Crippen LogP contribution in [0.25, 0.3) is 11.4 Å². The van der Waals surface area contributed by atoms with E-state index in [1.807, 2.05) is 0 Å². The largest absolute Gasteiger partial charge is 0.493 e. The van der Waals surface area contributed by atoms with E-state index in [-0.39, 0.29) is 29.0 Å². The SMILES string of the molecule is COc1cc(-c2noc(COC(=O)c3ccc([N+](=O)[O-])o3)n2)ccc1OC(F)F. The number of aromatic nitrogens is 2. The normalized spacial score (nSPS) is 10.8. The van der Waals surface area contributed by atoms with Crippen molar-refractivity contribution >= 4 is 11.9 Å². The van der Waals surface area contributed by atoms with Crippen LogP contribution in [0, 0.1) is 10.1 Å². The summed E-state index contributed by atoms with van der Waals surface area (Å²) in [5.41, 5.74) is 0.367. The predicted octanol–water partition coefficient (Wildman–Crippen LogP) is 3.20. The first-order chi connectivity index (χ1) is 13.9. The van der Waals surface area contributed by atoms with E-state index in [0.717, 1.165) is 12.1 Å². The van der Waals surface area contributed by atoms with E-state index in [4.69, 9.17) is 18.4 Å². The molecule has 3 rings (SSSR count). The highest BCUT2D eigenvalue weighted by molar-refractivity contribution is 5.86. The molecule has 0 radical (unpaired) electrons. The van der Waals surface area contributed by atoms with Crippen molar-refractivity contribution < 1.29 is 41.6 Å². The lowest BCUT2D eigenvalue weighted by molar-refractivity contribution is -0.402. The van der Waals surface area contributed by atoms with E-state index >= 15 is 0 Å². The molecule has 0 fully saturated rings. The first kappa shape index (κ1) is 19.7. The molecule has 0 atom stereocenters. The van der Waals surface area contributed by atoms with Crippen molar-refractivity contribution in [1.82, 2.24) is 10.1 Å². The molecule has 0 amide bonds. The Hall–Kier alpha value is -4.03. The number of methoxy groups -OCH3 is 1. The van der Waals surface area contributed by atoms with E-state index < -0.39 is 30.0 Å². The van der Waals surface area contributed by atoms with Crippen molar-refractivity contribution in [3.8, 4) is 22.9 Å². The van der Waals surface area contributed by atoms with E-state index in [1.54, 1.807) is 0 Å². The monoisotopic (exact) mass is 411 g/mol. The number of carbonyl (C=O) groups excluding carboxylic acids is 1. The third-order valence-electron chi connectivity index (χ3n) is 3.41. The molecule has 0 N–H and O–H groups in total. The lowest BCUT2D eigenvalue weighted by atomic mass is 10.2. The number of alkyl halides is 2. The second-order valence-corrected chi connectivity index (χ2v) is 5.23. The minimum atomic E-state index is -3.02. The van der Waals surface area contributed by atoms with Gasteiger partial charge in [0.1, 0.15) is 4.92 Å². The van der Waals surface area contributed by atoms with Crippen LogP contribution in [0.4, 0.5) is 14.7 Å². The van der Waals surface area contributed by atoms with E-state index in [0.29, 0.717) is 5.56 Å². The number of nitrogens with zero attached hydrogens (tertiary/aromatic N) is 3. The van der Waals surface area contributed by atoms with Gasteiger partial charge in [-0.15, -0.1) is 0 Å². The number of halogens is 2. The summed E-state index contributed by atoms with van der Waals surface area (Å²) in [7, 11) is 1.28. The van der Waals surface area contributed by atoms with Crippen LogP contribution in [-0.2, 0) is 11.3 Å². The fourth-order valence-electron chi connectivity index (χ4n) is 2.16. The van der Waals surface area contributed by atoms with Gasteiger partial charge in [-0.2, -0.15) is 13.8 Å². The number of ether oxygens (including phenoxy) is 3. The van der Waals surface area contributed by atoms with Crippen molar-refractivity contribution in [3.05, 3.63) is 52.1 Å². The smallest absolute Gasteiger partial charge is 0.433 e. The maximum absolute atomic E-state index is 12.4. The maximum atomic E-state index is 12.4. The van der Waals surface area contributed by atoms with Crippen molar-refractivity contribution in [2.45, 2.75) is 13.2 Å². The van der Waals surface area contributed by atoms with Crippen LogP contribution in [0.15, 0.2) is 39.3 Å². The van der Waals surface area contributed by atoms with E-state index in [2.05, 4.69) is 14.9 Å². The second kappa shape index (κ2) is 8.33.